The van der Waals surface area contributed by atoms with Crippen molar-refractivity contribution in [2.75, 3.05) is 36.8 Å². The molecule has 1 aromatic heterocycles. The lowest BCUT2D eigenvalue weighted by Crippen LogP contribution is -2.51. The third-order valence-corrected chi connectivity index (χ3v) is 4.26. The number of nitrogen functional groups attached to an aromatic ring is 1. The molecule has 0 radical (unpaired) electrons. The molecule has 2 heterocycles. The van der Waals surface area contributed by atoms with E-state index in [-0.39, 0.29) is 0 Å². The number of anilines is 2. The van der Waals surface area contributed by atoms with E-state index in [1.807, 2.05) is 12.1 Å². The Bertz CT molecular complexity index is 610. The lowest BCUT2D eigenvalue weighted by molar-refractivity contribution is 0.200. The second kappa shape index (κ2) is 5.29. The fraction of sp³-hybridized carbons (Fsp3) is 0.438. The molecule has 1 saturated heterocycles. The maximum absolute atomic E-state index is 6.21. The predicted octanol–water partition coefficient (Wildman–Crippen LogP) is 2.35. The molecule has 0 amide bonds. The molecule has 0 saturated carbocycles. The maximum atomic E-state index is 6.21. The van der Waals surface area contributed by atoms with Crippen molar-refractivity contribution in [1.29, 1.82) is 0 Å². The van der Waals surface area contributed by atoms with Crippen LogP contribution in [0.3, 0.4) is 0 Å². The Morgan fingerprint density at radius 1 is 1.30 bits per heavy atom. The first-order chi connectivity index (χ1) is 9.70. The SMILES string of the molecule is CCN1CCN(c2c(N)cnc3ccccc23)CC1C. The number of benzene rings is 1. The first-order valence-electron chi connectivity index (χ1n) is 7.33. The van der Waals surface area contributed by atoms with Crippen molar-refractivity contribution in [3.8, 4) is 0 Å². The molecule has 1 aliphatic heterocycles. The van der Waals surface area contributed by atoms with E-state index < -0.39 is 0 Å². The molecule has 1 fully saturated rings. The number of piperazine rings is 1. The average molecular weight is 270 g/mol. The Labute approximate surface area is 120 Å². The Morgan fingerprint density at radius 2 is 2.10 bits per heavy atom. The van der Waals surface area contributed by atoms with Gasteiger partial charge in [-0.15, -0.1) is 0 Å². The molecule has 0 bridgehead atoms. The van der Waals surface area contributed by atoms with E-state index in [9.17, 15) is 0 Å². The molecule has 4 heteroatoms. The summed E-state index contributed by atoms with van der Waals surface area (Å²) in [6.07, 6.45) is 1.79. The van der Waals surface area contributed by atoms with Gasteiger partial charge in [-0.1, -0.05) is 25.1 Å². The number of hydrogen-bond donors (Lipinski definition) is 1. The molecule has 1 unspecified atom stereocenters. The summed E-state index contributed by atoms with van der Waals surface area (Å²) >= 11 is 0. The van der Waals surface area contributed by atoms with E-state index in [1.165, 1.54) is 0 Å². The van der Waals surface area contributed by atoms with Crippen molar-refractivity contribution in [3.05, 3.63) is 30.5 Å². The van der Waals surface area contributed by atoms with E-state index in [0.717, 1.165) is 48.5 Å². The molecule has 106 valence electrons. The third kappa shape index (κ3) is 2.20. The van der Waals surface area contributed by atoms with Crippen LogP contribution in [-0.4, -0.2) is 42.1 Å². The number of aromatic nitrogens is 1. The molecule has 0 aliphatic carbocycles. The van der Waals surface area contributed by atoms with E-state index >= 15 is 0 Å². The molecule has 4 nitrogen and oxygen atoms in total. The quantitative estimate of drug-likeness (QED) is 0.910. The fourth-order valence-corrected chi connectivity index (χ4v) is 3.16. The fourth-order valence-electron chi connectivity index (χ4n) is 3.16. The van der Waals surface area contributed by atoms with Crippen molar-refractivity contribution in [3.63, 3.8) is 0 Å². The molecule has 1 atom stereocenters. The van der Waals surface area contributed by atoms with Gasteiger partial charge in [0, 0.05) is 31.1 Å². The van der Waals surface area contributed by atoms with Crippen LogP contribution in [0.2, 0.25) is 0 Å². The van der Waals surface area contributed by atoms with Crippen LogP contribution in [0.5, 0.6) is 0 Å². The predicted molar refractivity (Wildman–Crippen MR) is 85.1 cm³/mol. The molecular formula is C16H22N4. The van der Waals surface area contributed by atoms with Crippen LogP contribution in [0.1, 0.15) is 13.8 Å². The second-order valence-electron chi connectivity index (χ2n) is 5.50. The minimum Gasteiger partial charge on any atom is -0.396 e. The summed E-state index contributed by atoms with van der Waals surface area (Å²) in [7, 11) is 0. The van der Waals surface area contributed by atoms with Crippen LogP contribution < -0.4 is 10.6 Å². The van der Waals surface area contributed by atoms with Gasteiger partial charge >= 0.3 is 0 Å². The summed E-state index contributed by atoms with van der Waals surface area (Å²) in [6, 6.07) is 8.79. The Hall–Kier alpha value is -1.81. The first kappa shape index (κ1) is 13.2. The van der Waals surface area contributed by atoms with Crippen molar-refractivity contribution in [2.45, 2.75) is 19.9 Å². The summed E-state index contributed by atoms with van der Waals surface area (Å²) in [6.45, 7) is 8.76. The lowest BCUT2D eigenvalue weighted by atomic mass is 10.1. The summed E-state index contributed by atoms with van der Waals surface area (Å²) in [5.74, 6) is 0. The Morgan fingerprint density at radius 3 is 2.85 bits per heavy atom. The maximum Gasteiger partial charge on any atom is 0.0745 e. The van der Waals surface area contributed by atoms with E-state index in [4.69, 9.17) is 5.73 Å². The topological polar surface area (TPSA) is 45.4 Å². The number of pyridine rings is 1. The van der Waals surface area contributed by atoms with Gasteiger partial charge in [-0.2, -0.15) is 0 Å². The molecule has 1 aromatic carbocycles. The summed E-state index contributed by atoms with van der Waals surface area (Å²) < 4.78 is 0. The van der Waals surface area contributed by atoms with Gasteiger partial charge in [0.25, 0.3) is 0 Å². The number of likely N-dealkylation sites (N-methyl/N-ethyl adjacent to an activating group) is 1. The largest absolute Gasteiger partial charge is 0.396 e. The summed E-state index contributed by atoms with van der Waals surface area (Å²) in [5.41, 5.74) is 9.16. The van der Waals surface area contributed by atoms with Crippen LogP contribution in [0.25, 0.3) is 10.9 Å². The monoisotopic (exact) mass is 270 g/mol. The second-order valence-corrected chi connectivity index (χ2v) is 5.50. The molecule has 20 heavy (non-hydrogen) atoms. The smallest absolute Gasteiger partial charge is 0.0745 e. The zero-order valence-corrected chi connectivity index (χ0v) is 12.2. The number of fused-ring (bicyclic) bond motifs is 1. The van der Waals surface area contributed by atoms with Crippen LogP contribution >= 0.6 is 0 Å². The molecule has 0 spiro atoms. The van der Waals surface area contributed by atoms with Crippen molar-refractivity contribution < 1.29 is 0 Å². The molecular weight excluding hydrogens is 248 g/mol. The van der Waals surface area contributed by atoms with Gasteiger partial charge < -0.3 is 10.6 Å². The minimum atomic E-state index is 0.556. The lowest BCUT2D eigenvalue weighted by Gasteiger charge is -2.41. The van der Waals surface area contributed by atoms with Gasteiger partial charge in [0.2, 0.25) is 0 Å². The molecule has 2 N–H and O–H groups in total. The van der Waals surface area contributed by atoms with Gasteiger partial charge in [-0.25, -0.2) is 0 Å². The zero-order chi connectivity index (χ0) is 14.1. The summed E-state index contributed by atoms with van der Waals surface area (Å²) in [5, 5.41) is 1.16. The van der Waals surface area contributed by atoms with E-state index in [2.05, 4.69) is 40.8 Å². The third-order valence-electron chi connectivity index (χ3n) is 4.26. The number of rotatable bonds is 2. The van der Waals surface area contributed by atoms with Crippen LogP contribution in [0.15, 0.2) is 30.5 Å². The highest BCUT2D eigenvalue weighted by molar-refractivity contribution is 5.97. The number of nitrogens with two attached hydrogens (primary N) is 1. The molecule has 1 aliphatic rings. The first-order valence-corrected chi connectivity index (χ1v) is 7.33. The zero-order valence-electron chi connectivity index (χ0n) is 12.2. The standard InChI is InChI=1S/C16H22N4/c1-3-19-8-9-20(11-12(19)2)16-13-6-4-5-7-15(13)18-10-14(16)17/h4-7,10,12H,3,8-9,11,17H2,1-2H3. The van der Waals surface area contributed by atoms with Crippen LogP contribution in [0.4, 0.5) is 11.4 Å². The van der Waals surface area contributed by atoms with Gasteiger partial charge in [-0.3, -0.25) is 9.88 Å². The molecule has 3 rings (SSSR count). The number of para-hydroxylation sites is 1. The number of nitrogens with zero attached hydrogens (tertiary/aromatic N) is 3. The van der Waals surface area contributed by atoms with E-state index in [0.29, 0.717) is 6.04 Å². The Kier molecular flexibility index (Phi) is 3.49. The van der Waals surface area contributed by atoms with E-state index in [1.54, 1.807) is 6.20 Å². The normalized spacial score (nSPS) is 20.5. The highest BCUT2D eigenvalue weighted by Gasteiger charge is 2.24. The van der Waals surface area contributed by atoms with Gasteiger partial charge in [0.05, 0.1) is 23.1 Å². The van der Waals surface area contributed by atoms with Crippen LogP contribution in [0, 0.1) is 0 Å². The van der Waals surface area contributed by atoms with Crippen molar-refractivity contribution >= 4 is 22.3 Å². The van der Waals surface area contributed by atoms with Crippen molar-refractivity contribution in [1.82, 2.24) is 9.88 Å². The van der Waals surface area contributed by atoms with Gasteiger partial charge in [0.1, 0.15) is 0 Å². The van der Waals surface area contributed by atoms with Crippen LogP contribution in [-0.2, 0) is 0 Å². The van der Waals surface area contributed by atoms with Gasteiger partial charge in [-0.05, 0) is 19.5 Å². The van der Waals surface area contributed by atoms with Crippen molar-refractivity contribution in [2.24, 2.45) is 0 Å². The molecule has 2 aromatic rings. The number of hydrogen-bond acceptors (Lipinski definition) is 4. The highest BCUT2D eigenvalue weighted by atomic mass is 15.3. The Balaban J connectivity index is 2.00. The minimum absolute atomic E-state index is 0.556. The summed E-state index contributed by atoms with van der Waals surface area (Å²) in [4.78, 5) is 9.35. The van der Waals surface area contributed by atoms with Gasteiger partial charge in [0.15, 0.2) is 0 Å². The highest BCUT2D eigenvalue weighted by Crippen LogP contribution is 2.32. The average Bonchev–Trinajstić information content (AvgIpc) is 2.47.